The Bertz CT molecular complexity index is 1130. The third kappa shape index (κ3) is 4.55. The number of aryl methyl sites for hydroxylation is 1. The second-order valence-corrected chi connectivity index (χ2v) is 7.27. The predicted molar refractivity (Wildman–Crippen MR) is 102 cm³/mol. The molecule has 1 atom stereocenters. The van der Waals surface area contributed by atoms with Gasteiger partial charge in [-0.3, -0.25) is 14.8 Å². The molecule has 2 aromatic heterocycles. The largest absolute Gasteiger partial charge is 0.433 e. The summed E-state index contributed by atoms with van der Waals surface area (Å²) in [6.07, 6.45) is 0.0956. The Morgan fingerprint density at radius 3 is 2.48 bits per heavy atom. The lowest BCUT2D eigenvalue weighted by Crippen LogP contribution is -2.31. The maximum absolute atomic E-state index is 13.4. The van der Waals surface area contributed by atoms with Gasteiger partial charge in [-0.1, -0.05) is 0 Å². The number of nitrogens with zero attached hydrogens (tertiary/aromatic N) is 2. The minimum Gasteiger partial charge on any atom is -0.345 e. The number of carbonyl (C=O) groups excluding carboxylic acids is 1. The average Bonchev–Trinajstić information content (AvgIpc) is 2.72. The maximum Gasteiger partial charge on any atom is 0.433 e. The SMILES string of the molecule is O=C(N[C@H]1CCCc2cnc(-c3ccnc(C(F)(F)F)c3)cc21)c1cc(F)cc(F)c1. The summed E-state index contributed by atoms with van der Waals surface area (Å²) >= 11 is 0. The molecule has 0 radical (unpaired) electrons. The highest BCUT2D eigenvalue weighted by Gasteiger charge is 2.32. The monoisotopic (exact) mass is 433 g/mol. The summed E-state index contributed by atoms with van der Waals surface area (Å²) in [5.41, 5.74) is 0.950. The van der Waals surface area contributed by atoms with Crippen LogP contribution in [-0.4, -0.2) is 15.9 Å². The summed E-state index contributed by atoms with van der Waals surface area (Å²) < 4.78 is 65.9. The predicted octanol–water partition coefficient (Wildman–Crippen LogP) is 5.25. The van der Waals surface area contributed by atoms with E-state index in [-0.39, 0.29) is 11.1 Å². The molecule has 1 aliphatic carbocycles. The zero-order chi connectivity index (χ0) is 22.2. The number of pyridine rings is 2. The first-order chi connectivity index (χ1) is 14.7. The number of amides is 1. The van der Waals surface area contributed by atoms with Crippen molar-refractivity contribution in [1.82, 2.24) is 15.3 Å². The Balaban J connectivity index is 1.65. The lowest BCUT2D eigenvalue weighted by molar-refractivity contribution is -0.141. The van der Waals surface area contributed by atoms with E-state index in [1.807, 2.05) is 0 Å². The van der Waals surface area contributed by atoms with Crippen molar-refractivity contribution in [3.63, 3.8) is 0 Å². The van der Waals surface area contributed by atoms with Gasteiger partial charge in [0.15, 0.2) is 0 Å². The first-order valence-corrected chi connectivity index (χ1v) is 9.50. The molecule has 4 nitrogen and oxygen atoms in total. The van der Waals surface area contributed by atoms with E-state index >= 15 is 0 Å². The first-order valence-electron chi connectivity index (χ1n) is 9.50. The molecule has 160 valence electrons. The molecule has 0 bridgehead atoms. The van der Waals surface area contributed by atoms with Crippen molar-refractivity contribution in [2.45, 2.75) is 31.5 Å². The summed E-state index contributed by atoms with van der Waals surface area (Å²) in [6.45, 7) is 0. The van der Waals surface area contributed by atoms with E-state index in [2.05, 4.69) is 15.3 Å². The van der Waals surface area contributed by atoms with Crippen LogP contribution in [0, 0.1) is 11.6 Å². The van der Waals surface area contributed by atoms with Gasteiger partial charge in [-0.05, 0) is 60.7 Å². The van der Waals surface area contributed by atoms with E-state index in [1.54, 1.807) is 12.3 Å². The first kappa shape index (κ1) is 20.9. The number of benzene rings is 1. The minimum absolute atomic E-state index is 0.150. The van der Waals surface area contributed by atoms with Crippen LogP contribution in [-0.2, 0) is 12.6 Å². The number of hydrogen-bond acceptors (Lipinski definition) is 3. The molecule has 1 N–H and O–H groups in total. The van der Waals surface area contributed by atoms with E-state index in [4.69, 9.17) is 0 Å². The topological polar surface area (TPSA) is 54.9 Å². The van der Waals surface area contributed by atoms with E-state index in [1.165, 1.54) is 6.07 Å². The van der Waals surface area contributed by atoms with Gasteiger partial charge < -0.3 is 5.32 Å². The van der Waals surface area contributed by atoms with Crippen LogP contribution < -0.4 is 5.32 Å². The fraction of sp³-hybridized carbons (Fsp3) is 0.227. The fourth-order valence-electron chi connectivity index (χ4n) is 3.66. The Kier molecular flexibility index (Phi) is 5.43. The quantitative estimate of drug-likeness (QED) is 0.575. The van der Waals surface area contributed by atoms with Gasteiger partial charge in [0, 0.05) is 29.6 Å². The number of fused-ring (bicyclic) bond motifs is 1. The molecule has 0 aliphatic heterocycles. The van der Waals surface area contributed by atoms with Gasteiger partial charge in [-0.2, -0.15) is 13.2 Å². The van der Waals surface area contributed by atoms with Gasteiger partial charge in [0.2, 0.25) is 0 Å². The standard InChI is InChI=1S/C22H16F5N3O/c23-15-6-14(7-16(24)9-15)21(31)30-18-3-1-2-13-11-29-19(10-17(13)18)12-4-5-28-20(8-12)22(25,26)27/h4-11,18H,1-3H2,(H,30,31)/t18-/m0/s1. The number of alkyl halides is 3. The van der Waals surface area contributed by atoms with Crippen LogP contribution in [0.2, 0.25) is 0 Å². The van der Waals surface area contributed by atoms with E-state index < -0.39 is 35.5 Å². The zero-order valence-electron chi connectivity index (χ0n) is 16.0. The highest BCUT2D eigenvalue weighted by molar-refractivity contribution is 5.94. The molecule has 0 saturated carbocycles. The maximum atomic E-state index is 13.4. The molecule has 1 amide bonds. The lowest BCUT2D eigenvalue weighted by Gasteiger charge is -2.27. The van der Waals surface area contributed by atoms with Crippen LogP contribution in [0.3, 0.4) is 0 Å². The van der Waals surface area contributed by atoms with E-state index in [0.29, 0.717) is 30.2 Å². The summed E-state index contributed by atoms with van der Waals surface area (Å²) in [5.74, 6) is -2.37. The summed E-state index contributed by atoms with van der Waals surface area (Å²) in [6, 6.07) is 6.07. The number of aromatic nitrogens is 2. The number of nitrogens with one attached hydrogen (secondary N) is 1. The molecule has 0 spiro atoms. The van der Waals surface area contributed by atoms with Gasteiger partial charge in [-0.25, -0.2) is 8.78 Å². The fourth-order valence-corrected chi connectivity index (χ4v) is 3.66. The number of rotatable bonds is 3. The normalized spacial score (nSPS) is 16.0. The highest BCUT2D eigenvalue weighted by Crippen LogP contribution is 2.34. The molecule has 3 aromatic rings. The number of carbonyl (C=O) groups is 1. The molecular weight excluding hydrogens is 417 g/mol. The van der Waals surface area contributed by atoms with Crippen LogP contribution in [0.1, 0.15) is 46.1 Å². The molecule has 9 heteroatoms. The summed E-state index contributed by atoms with van der Waals surface area (Å²) in [5, 5.41) is 2.77. The highest BCUT2D eigenvalue weighted by atomic mass is 19.4. The van der Waals surface area contributed by atoms with Crippen LogP contribution in [0.4, 0.5) is 22.0 Å². The number of halogens is 5. The molecule has 4 rings (SSSR count). The summed E-state index contributed by atoms with van der Waals surface area (Å²) in [7, 11) is 0. The Hall–Kier alpha value is -3.36. The van der Waals surface area contributed by atoms with Crippen LogP contribution >= 0.6 is 0 Å². The van der Waals surface area contributed by atoms with Crippen molar-refractivity contribution in [3.8, 4) is 11.3 Å². The third-order valence-corrected chi connectivity index (χ3v) is 5.11. The van der Waals surface area contributed by atoms with Crippen LogP contribution in [0.25, 0.3) is 11.3 Å². The Labute approximate surface area is 174 Å². The Morgan fingerprint density at radius 1 is 1.03 bits per heavy atom. The van der Waals surface area contributed by atoms with Crippen molar-refractivity contribution >= 4 is 5.91 Å². The molecule has 0 fully saturated rings. The molecular formula is C22H16F5N3O. The van der Waals surface area contributed by atoms with Crippen molar-refractivity contribution in [3.05, 3.63) is 82.8 Å². The third-order valence-electron chi connectivity index (χ3n) is 5.11. The van der Waals surface area contributed by atoms with Gasteiger partial charge in [0.25, 0.3) is 5.91 Å². The van der Waals surface area contributed by atoms with Crippen molar-refractivity contribution in [1.29, 1.82) is 0 Å². The lowest BCUT2D eigenvalue weighted by atomic mass is 9.87. The molecule has 1 aromatic carbocycles. The second-order valence-electron chi connectivity index (χ2n) is 7.27. The molecule has 2 heterocycles. The minimum atomic E-state index is -4.58. The summed E-state index contributed by atoms with van der Waals surface area (Å²) in [4.78, 5) is 20.2. The average molecular weight is 433 g/mol. The smallest absolute Gasteiger partial charge is 0.345 e. The molecule has 0 saturated heterocycles. The molecule has 0 unspecified atom stereocenters. The molecule has 31 heavy (non-hydrogen) atoms. The van der Waals surface area contributed by atoms with Crippen LogP contribution in [0.5, 0.6) is 0 Å². The van der Waals surface area contributed by atoms with Gasteiger partial charge in [0.05, 0.1) is 11.7 Å². The van der Waals surface area contributed by atoms with Crippen molar-refractivity contribution < 1.29 is 26.7 Å². The van der Waals surface area contributed by atoms with Gasteiger partial charge >= 0.3 is 6.18 Å². The zero-order valence-corrected chi connectivity index (χ0v) is 16.0. The van der Waals surface area contributed by atoms with Gasteiger partial charge in [0.1, 0.15) is 17.3 Å². The number of hydrogen-bond donors (Lipinski definition) is 1. The van der Waals surface area contributed by atoms with Crippen molar-refractivity contribution in [2.24, 2.45) is 0 Å². The van der Waals surface area contributed by atoms with Crippen LogP contribution in [0.15, 0.2) is 48.8 Å². The molecule has 1 aliphatic rings. The van der Waals surface area contributed by atoms with E-state index in [0.717, 1.165) is 36.4 Å². The second kappa shape index (κ2) is 8.05. The Morgan fingerprint density at radius 2 is 1.77 bits per heavy atom. The van der Waals surface area contributed by atoms with Crippen molar-refractivity contribution in [2.75, 3.05) is 0 Å². The van der Waals surface area contributed by atoms with Gasteiger partial charge in [-0.15, -0.1) is 0 Å². The van der Waals surface area contributed by atoms with E-state index in [9.17, 15) is 26.7 Å².